The van der Waals surface area contributed by atoms with Crippen molar-refractivity contribution in [2.24, 2.45) is 11.8 Å². The number of aryl methyl sites for hydroxylation is 1. The van der Waals surface area contributed by atoms with Crippen molar-refractivity contribution in [3.8, 4) is 22.3 Å². The van der Waals surface area contributed by atoms with Gasteiger partial charge >= 0.3 is 0 Å². The first-order valence-corrected chi connectivity index (χ1v) is 10.2. The van der Waals surface area contributed by atoms with E-state index in [4.69, 9.17) is 0 Å². The van der Waals surface area contributed by atoms with Gasteiger partial charge in [0.2, 0.25) is 0 Å². The highest BCUT2D eigenvalue weighted by molar-refractivity contribution is 5.88. The summed E-state index contributed by atoms with van der Waals surface area (Å²) in [5, 5.41) is 0. The summed E-state index contributed by atoms with van der Waals surface area (Å²) in [4.78, 5) is 0. The van der Waals surface area contributed by atoms with E-state index >= 15 is 0 Å². The molecule has 0 atom stereocenters. The van der Waals surface area contributed by atoms with E-state index in [1.807, 2.05) is 0 Å². The molecule has 3 aromatic rings. The third-order valence-electron chi connectivity index (χ3n) is 5.09. The molecule has 0 spiro atoms. The van der Waals surface area contributed by atoms with Crippen LogP contribution in [0.3, 0.4) is 0 Å². The molecular formula is C27H32. The molecular weight excluding hydrogens is 324 g/mol. The topological polar surface area (TPSA) is 0 Å². The van der Waals surface area contributed by atoms with Gasteiger partial charge in [-0.25, -0.2) is 0 Å². The van der Waals surface area contributed by atoms with E-state index in [-0.39, 0.29) is 0 Å². The maximum Gasteiger partial charge on any atom is -0.00678 e. The molecule has 3 aromatic carbocycles. The number of benzene rings is 3. The Morgan fingerprint density at radius 2 is 1.11 bits per heavy atom. The Morgan fingerprint density at radius 1 is 0.630 bits per heavy atom. The van der Waals surface area contributed by atoms with Gasteiger partial charge in [0.05, 0.1) is 0 Å². The third-order valence-corrected chi connectivity index (χ3v) is 5.09. The lowest BCUT2D eigenvalue weighted by Crippen LogP contribution is -2.08. The SMILES string of the molecule is Cc1cc(CC(C)C)c(CC(C)C)c(-c2ccccc2)c1-c1ccccc1. The van der Waals surface area contributed by atoms with Crippen molar-refractivity contribution < 1.29 is 0 Å². The molecule has 27 heavy (non-hydrogen) atoms. The highest BCUT2D eigenvalue weighted by Gasteiger charge is 2.20. The summed E-state index contributed by atoms with van der Waals surface area (Å²) >= 11 is 0. The minimum Gasteiger partial charge on any atom is -0.0625 e. The number of rotatable bonds is 6. The molecule has 0 aliphatic heterocycles. The van der Waals surface area contributed by atoms with Gasteiger partial charge in [0, 0.05) is 0 Å². The fraction of sp³-hybridized carbons (Fsp3) is 0.333. The molecule has 0 radical (unpaired) electrons. The van der Waals surface area contributed by atoms with Crippen molar-refractivity contribution in [3.05, 3.63) is 83.4 Å². The Kier molecular flexibility index (Phi) is 6.16. The van der Waals surface area contributed by atoms with Gasteiger partial charge in [-0.15, -0.1) is 0 Å². The van der Waals surface area contributed by atoms with Crippen LogP contribution < -0.4 is 0 Å². The molecule has 0 amide bonds. The fourth-order valence-electron chi connectivity index (χ4n) is 4.09. The van der Waals surface area contributed by atoms with Crippen molar-refractivity contribution >= 4 is 0 Å². The van der Waals surface area contributed by atoms with Gasteiger partial charge in [0.25, 0.3) is 0 Å². The summed E-state index contributed by atoms with van der Waals surface area (Å²) < 4.78 is 0. The van der Waals surface area contributed by atoms with Crippen LogP contribution in [0.25, 0.3) is 22.3 Å². The summed E-state index contributed by atoms with van der Waals surface area (Å²) in [6.07, 6.45) is 2.25. The molecule has 0 fully saturated rings. The van der Waals surface area contributed by atoms with Crippen molar-refractivity contribution in [2.45, 2.75) is 47.5 Å². The Bertz CT molecular complexity index is 871. The van der Waals surface area contributed by atoms with Crippen LogP contribution in [0.2, 0.25) is 0 Å². The lowest BCUT2D eigenvalue weighted by molar-refractivity contribution is 0.616. The Hall–Kier alpha value is -2.34. The zero-order valence-electron chi connectivity index (χ0n) is 17.4. The second-order valence-electron chi connectivity index (χ2n) is 8.51. The van der Waals surface area contributed by atoms with E-state index in [0.29, 0.717) is 11.8 Å². The first kappa shape index (κ1) is 19.4. The fourth-order valence-corrected chi connectivity index (χ4v) is 4.09. The van der Waals surface area contributed by atoms with E-state index in [0.717, 1.165) is 12.8 Å². The van der Waals surface area contributed by atoms with E-state index in [1.54, 1.807) is 0 Å². The van der Waals surface area contributed by atoms with Crippen LogP contribution in [-0.2, 0) is 12.8 Å². The second-order valence-corrected chi connectivity index (χ2v) is 8.51. The lowest BCUT2D eigenvalue weighted by atomic mass is 9.80. The average Bonchev–Trinajstić information content (AvgIpc) is 2.64. The Morgan fingerprint density at radius 3 is 1.59 bits per heavy atom. The molecule has 0 heteroatoms. The minimum atomic E-state index is 0.629. The molecule has 0 N–H and O–H groups in total. The van der Waals surface area contributed by atoms with Gasteiger partial charge in [-0.3, -0.25) is 0 Å². The van der Waals surface area contributed by atoms with Crippen LogP contribution in [0.1, 0.15) is 44.4 Å². The Labute approximate surface area is 165 Å². The highest BCUT2D eigenvalue weighted by atomic mass is 14.2. The molecule has 0 bridgehead atoms. The third kappa shape index (κ3) is 4.50. The van der Waals surface area contributed by atoms with Crippen LogP contribution in [0.5, 0.6) is 0 Å². The van der Waals surface area contributed by atoms with E-state index in [2.05, 4.69) is 101 Å². The Balaban J connectivity index is 2.36. The zero-order valence-corrected chi connectivity index (χ0v) is 17.4. The largest absolute Gasteiger partial charge is 0.0625 e. The molecule has 140 valence electrons. The normalized spacial score (nSPS) is 11.4. The van der Waals surface area contributed by atoms with Crippen LogP contribution in [-0.4, -0.2) is 0 Å². The van der Waals surface area contributed by atoms with Gasteiger partial charge < -0.3 is 0 Å². The lowest BCUT2D eigenvalue weighted by Gasteiger charge is -2.24. The van der Waals surface area contributed by atoms with Gasteiger partial charge in [0.15, 0.2) is 0 Å². The van der Waals surface area contributed by atoms with Crippen molar-refractivity contribution in [3.63, 3.8) is 0 Å². The molecule has 0 unspecified atom stereocenters. The number of hydrogen-bond donors (Lipinski definition) is 0. The predicted octanol–water partition coefficient (Wildman–Crippen LogP) is 7.73. The van der Waals surface area contributed by atoms with E-state index in [1.165, 1.54) is 38.9 Å². The van der Waals surface area contributed by atoms with Gasteiger partial charge in [-0.1, -0.05) is 94.4 Å². The maximum atomic E-state index is 2.45. The molecule has 3 rings (SSSR count). The van der Waals surface area contributed by atoms with Gasteiger partial charge in [-0.2, -0.15) is 0 Å². The predicted molar refractivity (Wildman–Crippen MR) is 119 cm³/mol. The van der Waals surface area contributed by atoms with Crippen LogP contribution in [0, 0.1) is 18.8 Å². The maximum absolute atomic E-state index is 2.45. The first-order chi connectivity index (χ1) is 13.0. The van der Waals surface area contributed by atoms with Crippen molar-refractivity contribution in [1.82, 2.24) is 0 Å². The highest BCUT2D eigenvalue weighted by Crippen LogP contribution is 2.40. The first-order valence-electron chi connectivity index (χ1n) is 10.2. The van der Waals surface area contributed by atoms with Gasteiger partial charge in [0.1, 0.15) is 0 Å². The molecule has 0 saturated heterocycles. The van der Waals surface area contributed by atoms with Crippen molar-refractivity contribution in [2.75, 3.05) is 0 Å². The molecule has 0 heterocycles. The van der Waals surface area contributed by atoms with Gasteiger partial charge in [-0.05, 0) is 70.5 Å². The molecule has 0 saturated carbocycles. The summed E-state index contributed by atoms with van der Waals surface area (Å²) in [6, 6.07) is 24.3. The summed E-state index contributed by atoms with van der Waals surface area (Å²) in [7, 11) is 0. The van der Waals surface area contributed by atoms with Crippen molar-refractivity contribution in [1.29, 1.82) is 0 Å². The minimum absolute atomic E-state index is 0.629. The smallest absolute Gasteiger partial charge is 0.00678 e. The zero-order chi connectivity index (χ0) is 19.4. The van der Waals surface area contributed by atoms with E-state index in [9.17, 15) is 0 Å². The standard InChI is InChI=1S/C27H32/c1-19(2)16-24-18-21(5)26(22-12-8-6-9-13-22)27(25(24)17-20(3)4)23-14-10-7-11-15-23/h6-15,18-20H,16-17H2,1-5H3. The van der Waals surface area contributed by atoms with Crippen LogP contribution in [0.15, 0.2) is 66.7 Å². The summed E-state index contributed by atoms with van der Waals surface area (Å²) in [6.45, 7) is 11.6. The second kappa shape index (κ2) is 8.57. The summed E-state index contributed by atoms with van der Waals surface area (Å²) in [5.74, 6) is 1.28. The monoisotopic (exact) mass is 356 g/mol. The van der Waals surface area contributed by atoms with Crippen LogP contribution >= 0.6 is 0 Å². The van der Waals surface area contributed by atoms with E-state index < -0.39 is 0 Å². The summed E-state index contributed by atoms with van der Waals surface area (Å²) in [5.41, 5.74) is 9.92. The molecule has 0 nitrogen and oxygen atoms in total. The molecule has 0 aliphatic carbocycles. The quantitative estimate of drug-likeness (QED) is 0.424. The average molecular weight is 357 g/mol. The number of hydrogen-bond acceptors (Lipinski definition) is 0. The molecule has 0 aliphatic rings. The molecule has 0 aromatic heterocycles. The van der Waals surface area contributed by atoms with Crippen LogP contribution in [0.4, 0.5) is 0 Å².